The number of sulfonamides is 1. The van der Waals surface area contributed by atoms with Crippen molar-refractivity contribution in [3.63, 3.8) is 0 Å². The maximum absolute atomic E-state index is 13.7. The third-order valence-electron chi connectivity index (χ3n) is 3.68. The van der Waals surface area contributed by atoms with Crippen LogP contribution in [0.25, 0.3) is 0 Å². The first-order valence-corrected chi connectivity index (χ1v) is 9.61. The van der Waals surface area contributed by atoms with Gasteiger partial charge < -0.3 is 5.32 Å². The Morgan fingerprint density at radius 2 is 2.24 bits per heavy atom. The Hall–Kier alpha value is -0.630. The Balaban J connectivity index is 2.26. The summed E-state index contributed by atoms with van der Waals surface area (Å²) in [5.41, 5.74) is 0.382. The minimum absolute atomic E-state index is 0.0299. The van der Waals surface area contributed by atoms with Gasteiger partial charge in [-0.15, -0.1) is 0 Å². The first kappa shape index (κ1) is 16.7. The predicted octanol–water partition coefficient (Wildman–Crippen LogP) is 2.06. The van der Waals surface area contributed by atoms with Crippen LogP contribution in [0.2, 0.25) is 0 Å². The number of rotatable bonds is 6. The van der Waals surface area contributed by atoms with Gasteiger partial charge in [-0.25, -0.2) is 12.8 Å². The zero-order valence-corrected chi connectivity index (χ0v) is 13.9. The highest BCUT2D eigenvalue weighted by Crippen LogP contribution is 2.27. The Bertz CT molecular complexity index is 587. The Morgan fingerprint density at radius 1 is 1.48 bits per heavy atom. The maximum atomic E-state index is 13.7. The molecule has 0 spiro atoms. The SMILES string of the molecule is CCNCc1cc(S(=O)(=O)N(C)C2CCSC2)ccc1F. The second-order valence-electron chi connectivity index (χ2n) is 5.07. The van der Waals surface area contributed by atoms with Crippen LogP contribution in [0, 0.1) is 5.82 Å². The lowest BCUT2D eigenvalue weighted by atomic mass is 10.2. The molecule has 1 saturated heterocycles. The number of halogens is 1. The normalized spacial score (nSPS) is 19.3. The van der Waals surface area contributed by atoms with Crippen molar-refractivity contribution in [1.29, 1.82) is 0 Å². The molecule has 1 atom stereocenters. The predicted molar refractivity (Wildman–Crippen MR) is 84.5 cm³/mol. The number of nitrogens with zero attached hydrogens (tertiary/aromatic N) is 1. The summed E-state index contributed by atoms with van der Waals surface area (Å²) in [4.78, 5) is 0.163. The van der Waals surface area contributed by atoms with Crippen molar-refractivity contribution in [2.45, 2.75) is 30.8 Å². The monoisotopic (exact) mass is 332 g/mol. The molecule has 0 bridgehead atoms. The van der Waals surface area contributed by atoms with Crippen LogP contribution in [-0.4, -0.2) is 43.9 Å². The van der Waals surface area contributed by atoms with Gasteiger partial charge in [0.25, 0.3) is 0 Å². The molecule has 0 amide bonds. The van der Waals surface area contributed by atoms with Crippen LogP contribution in [0.1, 0.15) is 18.9 Å². The number of thioether (sulfide) groups is 1. The van der Waals surface area contributed by atoms with Crippen LogP contribution < -0.4 is 5.32 Å². The summed E-state index contributed by atoms with van der Waals surface area (Å²) < 4.78 is 40.4. The summed E-state index contributed by atoms with van der Waals surface area (Å²) in [5, 5.41) is 3.02. The van der Waals surface area contributed by atoms with Crippen molar-refractivity contribution in [3.8, 4) is 0 Å². The van der Waals surface area contributed by atoms with E-state index in [1.807, 2.05) is 6.92 Å². The molecule has 2 rings (SSSR count). The molecule has 118 valence electrons. The van der Waals surface area contributed by atoms with Crippen molar-refractivity contribution >= 4 is 21.8 Å². The smallest absolute Gasteiger partial charge is 0.243 e. The van der Waals surface area contributed by atoms with E-state index in [1.54, 1.807) is 18.8 Å². The Morgan fingerprint density at radius 3 is 2.86 bits per heavy atom. The van der Waals surface area contributed by atoms with Gasteiger partial charge in [-0.1, -0.05) is 6.92 Å². The maximum Gasteiger partial charge on any atom is 0.243 e. The molecule has 1 aromatic rings. The van der Waals surface area contributed by atoms with Gasteiger partial charge in [0.2, 0.25) is 10.0 Å². The molecular weight excluding hydrogens is 311 g/mol. The van der Waals surface area contributed by atoms with Gasteiger partial charge in [0.1, 0.15) is 5.82 Å². The quantitative estimate of drug-likeness (QED) is 0.866. The molecule has 0 aliphatic carbocycles. The van der Waals surface area contributed by atoms with E-state index in [2.05, 4.69) is 5.32 Å². The standard InChI is InChI=1S/C14H21FN2O2S2/c1-3-16-9-11-8-13(4-5-14(11)15)21(18,19)17(2)12-6-7-20-10-12/h4-5,8,12,16H,3,6-7,9-10H2,1-2H3. The second kappa shape index (κ2) is 7.09. The van der Waals surface area contributed by atoms with E-state index in [-0.39, 0.29) is 16.8 Å². The second-order valence-corrected chi connectivity index (χ2v) is 8.22. The van der Waals surface area contributed by atoms with Gasteiger partial charge >= 0.3 is 0 Å². The minimum Gasteiger partial charge on any atom is -0.313 e. The molecule has 1 aromatic carbocycles. The number of benzene rings is 1. The van der Waals surface area contributed by atoms with E-state index >= 15 is 0 Å². The van der Waals surface area contributed by atoms with Gasteiger partial charge in [0.05, 0.1) is 4.90 Å². The topological polar surface area (TPSA) is 49.4 Å². The van der Waals surface area contributed by atoms with E-state index in [0.717, 1.165) is 17.9 Å². The first-order chi connectivity index (χ1) is 9.96. The van der Waals surface area contributed by atoms with Crippen molar-refractivity contribution in [2.24, 2.45) is 0 Å². The molecule has 0 saturated carbocycles. The average molecular weight is 332 g/mol. The minimum atomic E-state index is -3.56. The number of nitrogens with one attached hydrogen (secondary N) is 1. The summed E-state index contributed by atoms with van der Waals surface area (Å²) in [6, 6.07) is 4.05. The van der Waals surface area contributed by atoms with Crippen LogP contribution in [0.3, 0.4) is 0 Å². The number of hydrogen-bond donors (Lipinski definition) is 1. The van der Waals surface area contributed by atoms with Gasteiger partial charge in [0.15, 0.2) is 0 Å². The zero-order chi connectivity index (χ0) is 15.5. The zero-order valence-electron chi connectivity index (χ0n) is 12.3. The molecule has 1 fully saturated rings. The lowest BCUT2D eigenvalue weighted by Crippen LogP contribution is -2.37. The van der Waals surface area contributed by atoms with Gasteiger partial charge in [-0.3, -0.25) is 0 Å². The summed E-state index contributed by atoms with van der Waals surface area (Å²) in [7, 11) is -1.95. The largest absolute Gasteiger partial charge is 0.313 e. The third-order valence-corrected chi connectivity index (χ3v) is 6.73. The highest BCUT2D eigenvalue weighted by Gasteiger charge is 2.30. The van der Waals surface area contributed by atoms with Gasteiger partial charge in [0, 0.05) is 31.0 Å². The van der Waals surface area contributed by atoms with E-state index in [9.17, 15) is 12.8 Å². The highest BCUT2D eigenvalue weighted by atomic mass is 32.2. The fraction of sp³-hybridized carbons (Fsp3) is 0.571. The summed E-state index contributed by atoms with van der Waals surface area (Å²) in [5.74, 6) is 1.43. The molecule has 4 nitrogen and oxygen atoms in total. The first-order valence-electron chi connectivity index (χ1n) is 7.01. The number of hydrogen-bond acceptors (Lipinski definition) is 4. The van der Waals surface area contributed by atoms with E-state index in [4.69, 9.17) is 0 Å². The molecule has 1 N–H and O–H groups in total. The molecule has 0 radical (unpaired) electrons. The summed E-state index contributed by atoms with van der Waals surface area (Å²) >= 11 is 1.76. The lowest BCUT2D eigenvalue weighted by molar-refractivity contribution is 0.394. The van der Waals surface area contributed by atoms with Crippen LogP contribution >= 0.6 is 11.8 Å². The molecule has 1 heterocycles. The average Bonchev–Trinajstić information content (AvgIpc) is 2.99. The molecule has 1 aliphatic rings. The highest BCUT2D eigenvalue weighted by molar-refractivity contribution is 7.99. The Kier molecular flexibility index (Phi) is 5.65. The summed E-state index contributed by atoms with van der Waals surface area (Å²) in [6.45, 7) is 2.95. The molecular formula is C14H21FN2O2S2. The van der Waals surface area contributed by atoms with Gasteiger partial charge in [-0.05, 0) is 36.9 Å². The summed E-state index contributed by atoms with van der Waals surface area (Å²) in [6.07, 6.45) is 0.867. The Labute approximate surface area is 130 Å². The molecule has 7 heteroatoms. The van der Waals surface area contributed by atoms with E-state index in [1.165, 1.54) is 22.5 Å². The van der Waals surface area contributed by atoms with Crippen molar-refractivity contribution in [1.82, 2.24) is 9.62 Å². The fourth-order valence-corrected chi connectivity index (χ4v) is 5.08. The van der Waals surface area contributed by atoms with Gasteiger partial charge in [-0.2, -0.15) is 16.1 Å². The van der Waals surface area contributed by atoms with E-state index in [0.29, 0.717) is 18.7 Å². The van der Waals surface area contributed by atoms with Crippen LogP contribution in [-0.2, 0) is 16.6 Å². The van der Waals surface area contributed by atoms with Crippen molar-refractivity contribution in [3.05, 3.63) is 29.6 Å². The molecule has 21 heavy (non-hydrogen) atoms. The molecule has 1 unspecified atom stereocenters. The van der Waals surface area contributed by atoms with Crippen LogP contribution in [0.4, 0.5) is 4.39 Å². The molecule has 1 aliphatic heterocycles. The fourth-order valence-electron chi connectivity index (χ4n) is 2.28. The van der Waals surface area contributed by atoms with Crippen molar-refractivity contribution < 1.29 is 12.8 Å². The third kappa shape index (κ3) is 3.77. The van der Waals surface area contributed by atoms with Crippen LogP contribution in [0.5, 0.6) is 0 Å². The van der Waals surface area contributed by atoms with Crippen molar-refractivity contribution in [2.75, 3.05) is 25.1 Å². The van der Waals surface area contributed by atoms with E-state index < -0.39 is 10.0 Å². The lowest BCUT2D eigenvalue weighted by Gasteiger charge is -2.23. The molecule has 0 aromatic heterocycles. The van der Waals surface area contributed by atoms with Crippen LogP contribution in [0.15, 0.2) is 23.1 Å².